The number of aromatic nitrogens is 1. The zero-order valence-corrected chi connectivity index (χ0v) is 16.1. The molecule has 5 nitrogen and oxygen atoms in total. The van der Waals surface area contributed by atoms with Crippen LogP contribution in [-0.4, -0.2) is 49.0 Å². The highest BCUT2D eigenvalue weighted by Crippen LogP contribution is 2.26. The highest BCUT2D eigenvalue weighted by Gasteiger charge is 2.15. The molecule has 4 rings (SSSR count). The molecule has 1 aromatic carbocycles. The third kappa shape index (κ3) is 3.80. The molecule has 7 heteroatoms. The van der Waals surface area contributed by atoms with Crippen LogP contribution in [0.3, 0.4) is 0 Å². The molecule has 0 unspecified atom stereocenters. The number of amides is 1. The number of hydrogen-bond donors (Lipinski definition) is 1. The number of nitrogens with one attached hydrogen (secondary N) is 1. The number of thiophene rings is 1. The molecule has 1 amide bonds. The Morgan fingerprint density at radius 3 is 2.54 bits per heavy atom. The number of nitrogens with zero attached hydrogens (tertiary/aromatic N) is 3. The van der Waals surface area contributed by atoms with Gasteiger partial charge in [0.1, 0.15) is 10.7 Å². The van der Waals surface area contributed by atoms with Crippen LogP contribution in [0.5, 0.6) is 0 Å². The summed E-state index contributed by atoms with van der Waals surface area (Å²) in [6, 6.07) is 10.1. The Morgan fingerprint density at radius 2 is 1.85 bits per heavy atom. The first-order valence-corrected chi connectivity index (χ1v) is 10.3. The van der Waals surface area contributed by atoms with Crippen molar-refractivity contribution in [1.82, 2.24) is 9.88 Å². The molecule has 1 fully saturated rings. The molecule has 0 saturated carbocycles. The van der Waals surface area contributed by atoms with E-state index < -0.39 is 0 Å². The summed E-state index contributed by atoms with van der Waals surface area (Å²) < 4.78 is 0. The quantitative estimate of drug-likeness (QED) is 0.742. The van der Waals surface area contributed by atoms with E-state index >= 15 is 0 Å². The summed E-state index contributed by atoms with van der Waals surface area (Å²) in [6.07, 6.45) is 0. The molecule has 1 N–H and O–H groups in total. The van der Waals surface area contributed by atoms with Crippen LogP contribution in [0.2, 0.25) is 0 Å². The fourth-order valence-corrected chi connectivity index (χ4v) is 4.42. The highest BCUT2D eigenvalue weighted by molar-refractivity contribution is 7.14. The van der Waals surface area contributed by atoms with Gasteiger partial charge in [-0.2, -0.15) is 11.3 Å². The maximum Gasteiger partial charge on any atom is 0.275 e. The lowest BCUT2D eigenvalue weighted by atomic mass is 10.2. The first-order valence-electron chi connectivity index (χ1n) is 8.52. The lowest BCUT2D eigenvalue weighted by molar-refractivity contribution is 0.102. The molecule has 1 saturated heterocycles. The Balaban J connectivity index is 1.40. The van der Waals surface area contributed by atoms with Crippen molar-refractivity contribution in [3.05, 3.63) is 52.2 Å². The van der Waals surface area contributed by atoms with Gasteiger partial charge in [-0.05, 0) is 42.8 Å². The molecule has 3 aromatic rings. The smallest absolute Gasteiger partial charge is 0.275 e. The van der Waals surface area contributed by atoms with Crippen LogP contribution in [0.15, 0.2) is 46.5 Å². The molecular weight excluding hydrogens is 364 g/mol. The molecule has 0 atom stereocenters. The van der Waals surface area contributed by atoms with Gasteiger partial charge in [-0.1, -0.05) is 0 Å². The minimum absolute atomic E-state index is 0.171. The van der Waals surface area contributed by atoms with Crippen LogP contribution in [0.25, 0.3) is 10.6 Å². The number of rotatable bonds is 4. The Bertz CT molecular complexity index is 865. The van der Waals surface area contributed by atoms with Gasteiger partial charge in [-0.3, -0.25) is 4.79 Å². The van der Waals surface area contributed by atoms with E-state index in [4.69, 9.17) is 0 Å². The standard InChI is InChI=1S/C19H20N4OS2/c1-22-7-9-23(10-8-22)16-4-2-15(3-5-16)20-18(24)17-13-26-19(21-17)14-6-11-25-12-14/h2-6,11-13H,7-10H2,1H3,(H,20,24). The summed E-state index contributed by atoms with van der Waals surface area (Å²) in [5, 5.41) is 9.67. The van der Waals surface area contributed by atoms with Gasteiger partial charge in [0.2, 0.25) is 0 Å². The molecule has 1 aliphatic heterocycles. The fraction of sp³-hybridized carbons (Fsp3) is 0.263. The molecule has 0 spiro atoms. The monoisotopic (exact) mass is 384 g/mol. The van der Waals surface area contributed by atoms with Crippen LogP contribution < -0.4 is 10.2 Å². The van der Waals surface area contributed by atoms with Gasteiger partial charge in [0.25, 0.3) is 5.91 Å². The van der Waals surface area contributed by atoms with Crippen LogP contribution in [0, 0.1) is 0 Å². The number of likely N-dealkylation sites (N-methyl/N-ethyl adjacent to an activating group) is 1. The Hall–Kier alpha value is -2.22. The number of hydrogen-bond acceptors (Lipinski definition) is 6. The van der Waals surface area contributed by atoms with E-state index in [2.05, 4.69) is 39.3 Å². The maximum atomic E-state index is 12.4. The topological polar surface area (TPSA) is 48.5 Å². The van der Waals surface area contributed by atoms with Gasteiger partial charge in [0, 0.05) is 53.9 Å². The lowest BCUT2D eigenvalue weighted by Gasteiger charge is -2.34. The third-order valence-corrected chi connectivity index (χ3v) is 6.07. The second kappa shape index (κ2) is 7.57. The van der Waals surface area contributed by atoms with Crippen molar-refractivity contribution < 1.29 is 4.79 Å². The molecule has 0 bridgehead atoms. The van der Waals surface area contributed by atoms with E-state index in [1.807, 2.05) is 29.0 Å². The summed E-state index contributed by atoms with van der Waals surface area (Å²) in [4.78, 5) is 21.6. The van der Waals surface area contributed by atoms with Gasteiger partial charge >= 0.3 is 0 Å². The number of piperazine rings is 1. The number of anilines is 2. The normalized spacial score (nSPS) is 15.2. The molecule has 134 valence electrons. The van der Waals surface area contributed by atoms with Crippen molar-refractivity contribution in [2.24, 2.45) is 0 Å². The number of thiazole rings is 1. The van der Waals surface area contributed by atoms with Gasteiger partial charge in [-0.25, -0.2) is 4.98 Å². The number of carbonyl (C=O) groups is 1. The highest BCUT2D eigenvalue weighted by atomic mass is 32.1. The Labute approximate surface area is 160 Å². The molecule has 3 heterocycles. The van der Waals surface area contributed by atoms with Gasteiger partial charge < -0.3 is 15.1 Å². The Morgan fingerprint density at radius 1 is 1.08 bits per heavy atom. The van der Waals surface area contributed by atoms with Gasteiger partial charge in [0.15, 0.2) is 0 Å². The van der Waals surface area contributed by atoms with Crippen LogP contribution in [-0.2, 0) is 0 Å². The summed E-state index contributed by atoms with van der Waals surface area (Å²) in [5.74, 6) is -0.171. The molecule has 1 aliphatic rings. The predicted molar refractivity (Wildman–Crippen MR) is 110 cm³/mol. The first kappa shape index (κ1) is 17.2. The van der Waals surface area contributed by atoms with E-state index in [0.717, 1.165) is 42.4 Å². The van der Waals surface area contributed by atoms with Crippen molar-refractivity contribution in [2.45, 2.75) is 0 Å². The van der Waals surface area contributed by atoms with Crippen molar-refractivity contribution in [2.75, 3.05) is 43.4 Å². The van der Waals surface area contributed by atoms with E-state index in [-0.39, 0.29) is 5.91 Å². The zero-order chi connectivity index (χ0) is 17.9. The molecular formula is C19H20N4OS2. The van der Waals surface area contributed by atoms with Gasteiger partial charge in [0.05, 0.1) is 0 Å². The summed E-state index contributed by atoms with van der Waals surface area (Å²) in [6.45, 7) is 4.22. The molecule has 26 heavy (non-hydrogen) atoms. The summed E-state index contributed by atoms with van der Waals surface area (Å²) in [7, 11) is 2.15. The third-order valence-electron chi connectivity index (χ3n) is 4.50. The minimum atomic E-state index is -0.171. The average molecular weight is 385 g/mol. The van der Waals surface area contributed by atoms with E-state index in [0.29, 0.717) is 5.69 Å². The van der Waals surface area contributed by atoms with Crippen LogP contribution in [0.4, 0.5) is 11.4 Å². The van der Waals surface area contributed by atoms with Crippen molar-refractivity contribution in [3.8, 4) is 10.6 Å². The van der Waals surface area contributed by atoms with Crippen LogP contribution >= 0.6 is 22.7 Å². The second-order valence-electron chi connectivity index (χ2n) is 6.34. The average Bonchev–Trinajstić information content (AvgIpc) is 3.35. The van der Waals surface area contributed by atoms with Gasteiger partial charge in [-0.15, -0.1) is 11.3 Å². The van der Waals surface area contributed by atoms with Crippen molar-refractivity contribution in [3.63, 3.8) is 0 Å². The molecule has 0 aliphatic carbocycles. The number of benzene rings is 1. The maximum absolute atomic E-state index is 12.4. The fourth-order valence-electron chi connectivity index (χ4n) is 2.91. The Kier molecular flexibility index (Phi) is 5.01. The predicted octanol–water partition coefficient (Wildman–Crippen LogP) is 3.88. The van der Waals surface area contributed by atoms with Crippen LogP contribution in [0.1, 0.15) is 10.5 Å². The lowest BCUT2D eigenvalue weighted by Crippen LogP contribution is -2.44. The minimum Gasteiger partial charge on any atom is -0.369 e. The zero-order valence-electron chi connectivity index (χ0n) is 14.5. The second-order valence-corrected chi connectivity index (χ2v) is 7.98. The SMILES string of the molecule is CN1CCN(c2ccc(NC(=O)c3csc(-c4ccsc4)n3)cc2)CC1. The summed E-state index contributed by atoms with van der Waals surface area (Å²) >= 11 is 3.12. The number of carbonyl (C=O) groups excluding carboxylic acids is 1. The molecule has 2 aromatic heterocycles. The first-order chi connectivity index (χ1) is 12.7. The van der Waals surface area contributed by atoms with E-state index in [1.54, 1.807) is 16.7 Å². The molecule has 0 radical (unpaired) electrons. The van der Waals surface area contributed by atoms with Crippen molar-refractivity contribution >= 4 is 40.0 Å². The summed E-state index contributed by atoms with van der Waals surface area (Å²) in [5.41, 5.74) is 3.51. The van der Waals surface area contributed by atoms with Crippen molar-refractivity contribution in [1.29, 1.82) is 0 Å². The largest absolute Gasteiger partial charge is 0.369 e. The van der Waals surface area contributed by atoms with E-state index in [1.165, 1.54) is 17.0 Å². The van der Waals surface area contributed by atoms with E-state index in [9.17, 15) is 4.79 Å².